The number of hydrogen-bond acceptors (Lipinski definition) is 5. The third kappa shape index (κ3) is 4.27. The van der Waals surface area contributed by atoms with Crippen LogP contribution in [0.5, 0.6) is 0 Å². The first-order chi connectivity index (χ1) is 11.9. The summed E-state index contributed by atoms with van der Waals surface area (Å²) in [5, 5.41) is 17.3. The Morgan fingerprint density at radius 3 is 2.40 bits per heavy atom. The van der Waals surface area contributed by atoms with Crippen LogP contribution in [-0.4, -0.2) is 33.7 Å². The molecule has 0 fully saturated rings. The Morgan fingerprint density at radius 2 is 1.92 bits per heavy atom. The molecule has 1 N–H and O–H groups in total. The zero-order chi connectivity index (χ0) is 18.6. The van der Waals surface area contributed by atoms with Gasteiger partial charge < -0.3 is 20.3 Å². The minimum Gasteiger partial charge on any atom is -0.372 e. The molecule has 0 aliphatic heterocycles. The van der Waals surface area contributed by atoms with Crippen molar-refractivity contribution in [2.45, 2.75) is 27.3 Å². The van der Waals surface area contributed by atoms with Gasteiger partial charge in [-0.3, -0.25) is 4.79 Å². The average Bonchev–Trinajstić information content (AvgIpc) is 2.86. The Labute approximate surface area is 150 Å². The Balaban J connectivity index is 2.06. The van der Waals surface area contributed by atoms with Crippen LogP contribution in [0.2, 0.25) is 5.02 Å². The number of hydrogen-bond donors (Lipinski definition) is 1. The monoisotopic (exact) mass is 365 g/mol. The molecule has 0 unspecified atom stereocenters. The van der Waals surface area contributed by atoms with Crippen LogP contribution < -0.4 is 10.2 Å². The fraction of sp³-hybridized carbons (Fsp3) is 0.375. The second-order valence-electron chi connectivity index (χ2n) is 5.41. The van der Waals surface area contributed by atoms with Gasteiger partial charge in [-0.25, -0.2) is 0 Å². The number of rotatable bonds is 7. The molecule has 0 saturated carbocycles. The number of nitrogens with one attached hydrogen (secondary N) is 1. The summed E-state index contributed by atoms with van der Waals surface area (Å²) in [6, 6.07) is 7.50. The number of amides is 1. The molecule has 9 heteroatoms. The van der Waals surface area contributed by atoms with Crippen LogP contribution in [0.3, 0.4) is 0 Å². The topological polar surface area (TPSA) is 93.3 Å². The van der Waals surface area contributed by atoms with Crippen molar-refractivity contribution >= 4 is 34.7 Å². The van der Waals surface area contributed by atoms with E-state index in [9.17, 15) is 14.9 Å². The lowest BCUT2D eigenvalue weighted by molar-refractivity contribution is -0.389. The van der Waals surface area contributed by atoms with Gasteiger partial charge in [0.05, 0.1) is 10.8 Å². The van der Waals surface area contributed by atoms with Crippen molar-refractivity contribution in [3.8, 4) is 0 Å². The SMILES string of the molecule is CCN(CC)c1ccc(NC(=O)Cn2nc([N+](=O)[O-])c(Cl)c2C)cc1. The van der Waals surface area contributed by atoms with Gasteiger partial charge in [0.25, 0.3) is 0 Å². The highest BCUT2D eigenvalue weighted by Gasteiger charge is 2.24. The van der Waals surface area contributed by atoms with Crippen molar-refractivity contribution in [1.29, 1.82) is 0 Å². The average molecular weight is 366 g/mol. The highest BCUT2D eigenvalue weighted by molar-refractivity contribution is 6.33. The summed E-state index contributed by atoms with van der Waals surface area (Å²) in [6.07, 6.45) is 0. The molecule has 0 aliphatic carbocycles. The second kappa shape index (κ2) is 7.98. The van der Waals surface area contributed by atoms with Gasteiger partial charge in [-0.05, 0) is 50.0 Å². The van der Waals surface area contributed by atoms with E-state index in [-0.39, 0.29) is 17.5 Å². The third-order valence-electron chi connectivity index (χ3n) is 3.86. The van der Waals surface area contributed by atoms with E-state index in [0.29, 0.717) is 11.4 Å². The van der Waals surface area contributed by atoms with Gasteiger partial charge in [0.2, 0.25) is 5.91 Å². The zero-order valence-electron chi connectivity index (χ0n) is 14.3. The van der Waals surface area contributed by atoms with E-state index in [1.165, 1.54) is 4.68 Å². The first-order valence-electron chi connectivity index (χ1n) is 7.89. The number of carbonyl (C=O) groups is 1. The summed E-state index contributed by atoms with van der Waals surface area (Å²) < 4.78 is 1.22. The third-order valence-corrected chi connectivity index (χ3v) is 4.31. The van der Waals surface area contributed by atoms with Gasteiger partial charge in [0.1, 0.15) is 6.54 Å². The van der Waals surface area contributed by atoms with Crippen molar-refractivity contribution in [2.75, 3.05) is 23.3 Å². The Bertz CT molecular complexity index is 769. The van der Waals surface area contributed by atoms with Crippen molar-refractivity contribution < 1.29 is 9.72 Å². The molecule has 0 saturated heterocycles. The minimum atomic E-state index is -0.671. The Hall–Kier alpha value is -2.61. The number of nitrogens with zero attached hydrogens (tertiary/aromatic N) is 4. The standard InChI is InChI=1S/C16H20ClN5O3/c1-4-20(5-2)13-8-6-12(7-9-13)18-14(23)10-21-11(3)15(17)16(19-21)22(24)25/h6-9H,4-5,10H2,1-3H3,(H,18,23). The number of anilines is 2. The normalized spacial score (nSPS) is 10.6. The van der Waals surface area contributed by atoms with Crippen LogP contribution in [0.1, 0.15) is 19.5 Å². The Kier molecular flexibility index (Phi) is 5.97. The highest BCUT2D eigenvalue weighted by Crippen LogP contribution is 2.26. The molecule has 1 aromatic heterocycles. The van der Waals surface area contributed by atoms with Crippen LogP contribution in [-0.2, 0) is 11.3 Å². The smallest absolute Gasteiger partial charge is 0.372 e. The number of halogens is 1. The lowest BCUT2D eigenvalue weighted by atomic mass is 10.2. The zero-order valence-corrected chi connectivity index (χ0v) is 15.1. The number of aromatic nitrogens is 2. The first kappa shape index (κ1) is 18.7. The van der Waals surface area contributed by atoms with Crippen molar-refractivity contribution in [3.63, 3.8) is 0 Å². The summed E-state index contributed by atoms with van der Waals surface area (Å²) in [7, 11) is 0. The maximum atomic E-state index is 12.2. The molecular formula is C16H20ClN5O3. The predicted molar refractivity (Wildman–Crippen MR) is 97.3 cm³/mol. The van der Waals surface area contributed by atoms with Crippen molar-refractivity contribution in [2.24, 2.45) is 0 Å². The quantitative estimate of drug-likeness (QED) is 0.600. The molecule has 2 rings (SSSR count). The van der Waals surface area contributed by atoms with E-state index >= 15 is 0 Å². The van der Waals surface area contributed by atoms with Crippen LogP contribution in [0.15, 0.2) is 24.3 Å². The van der Waals surface area contributed by atoms with Crippen molar-refractivity contribution in [1.82, 2.24) is 9.78 Å². The first-order valence-corrected chi connectivity index (χ1v) is 8.27. The molecule has 1 amide bonds. The lowest BCUT2D eigenvalue weighted by Gasteiger charge is -2.21. The molecular weight excluding hydrogens is 346 g/mol. The maximum absolute atomic E-state index is 12.2. The van der Waals surface area contributed by atoms with Crippen LogP contribution in [0.4, 0.5) is 17.2 Å². The molecule has 25 heavy (non-hydrogen) atoms. The number of carbonyl (C=O) groups excluding carboxylic acids is 1. The molecule has 1 aromatic carbocycles. The van der Waals surface area contributed by atoms with Gasteiger partial charge in [0.15, 0.2) is 5.02 Å². The summed E-state index contributed by atoms with van der Waals surface area (Å²) in [6.45, 7) is 7.39. The van der Waals surface area contributed by atoms with E-state index in [0.717, 1.165) is 18.8 Å². The fourth-order valence-electron chi connectivity index (χ4n) is 2.46. The molecule has 1 heterocycles. The Morgan fingerprint density at radius 1 is 1.32 bits per heavy atom. The van der Waals surface area contributed by atoms with Crippen LogP contribution in [0.25, 0.3) is 0 Å². The summed E-state index contributed by atoms with van der Waals surface area (Å²) in [5.41, 5.74) is 2.10. The van der Waals surface area contributed by atoms with Crippen LogP contribution in [0, 0.1) is 17.0 Å². The fourth-order valence-corrected chi connectivity index (χ4v) is 2.66. The van der Waals surface area contributed by atoms with Gasteiger partial charge in [0, 0.05) is 24.5 Å². The predicted octanol–water partition coefficient (Wildman–Crippen LogP) is 3.24. The van der Waals surface area contributed by atoms with E-state index < -0.39 is 10.7 Å². The van der Waals surface area contributed by atoms with Gasteiger partial charge in [-0.2, -0.15) is 4.68 Å². The maximum Gasteiger partial charge on any atom is 0.408 e. The van der Waals surface area contributed by atoms with Gasteiger partial charge in [-0.1, -0.05) is 11.6 Å². The molecule has 134 valence electrons. The van der Waals surface area contributed by atoms with Gasteiger partial charge >= 0.3 is 5.82 Å². The molecule has 8 nitrogen and oxygen atoms in total. The molecule has 0 aliphatic rings. The van der Waals surface area contributed by atoms with E-state index in [1.54, 1.807) is 6.92 Å². The summed E-state index contributed by atoms with van der Waals surface area (Å²) in [5.74, 6) is -0.789. The van der Waals surface area contributed by atoms with Crippen molar-refractivity contribution in [3.05, 3.63) is 45.1 Å². The minimum absolute atomic E-state index is 0.0543. The lowest BCUT2D eigenvalue weighted by Crippen LogP contribution is -2.22. The van der Waals surface area contributed by atoms with E-state index in [2.05, 4.69) is 29.2 Å². The number of nitro groups is 1. The van der Waals surface area contributed by atoms with E-state index in [1.807, 2.05) is 24.3 Å². The molecule has 0 bridgehead atoms. The molecule has 2 aromatic rings. The van der Waals surface area contributed by atoms with Crippen LogP contribution >= 0.6 is 11.6 Å². The summed E-state index contributed by atoms with van der Waals surface area (Å²) in [4.78, 5) is 24.5. The second-order valence-corrected chi connectivity index (χ2v) is 5.78. The highest BCUT2D eigenvalue weighted by atomic mass is 35.5. The molecule has 0 radical (unpaired) electrons. The molecule has 0 atom stereocenters. The summed E-state index contributed by atoms with van der Waals surface area (Å²) >= 11 is 5.87. The van der Waals surface area contributed by atoms with Gasteiger partial charge in [-0.15, -0.1) is 0 Å². The largest absolute Gasteiger partial charge is 0.408 e. The molecule has 0 spiro atoms. The number of benzene rings is 1. The van der Waals surface area contributed by atoms with E-state index in [4.69, 9.17) is 11.6 Å².